The van der Waals surface area contributed by atoms with Gasteiger partial charge in [-0.15, -0.1) is 0 Å². The van der Waals surface area contributed by atoms with Gasteiger partial charge in [-0.1, -0.05) is 36.4 Å². The van der Waals surface area contributed by atoms with Gasteiger partial charge < -0.3 is 14.8 Å². The average Bonchev–Trinajstić information content (AvgIpc) is 3.64. The maximum absolute atomic E-state index is 13.6. The second-order valence-corrected chi connectivity index (χ2v) is 10.6. The molecule has 5 atom stereocenters. The van der Waals surface area contributed by atoms with E-state index < -0.39 is 18.5 Å². The summed E-state index contributed by atoms with van der Waals surface area (Å²) in [6.07, 6.45) is 1.80. The summed E-state index contributed by atoms with van der Waals surface area (Å²) in [4.78, 5) is 53.4. The van der Waals surface area contributed by atoms with Gasteiger partial charge in [0.15, 0.2) is 6.61 Å². The number of amides is 3. The van der Waals surface area contributed by atoms with Crippen LogP contribution in [-0.4, -0.2) is 36.9 Å². The minimum atomic E-state index is -0.716. The Morgan fingerprint density at radius 1 is 0.900 bits per heavy atom. The Kier molecular flexibility index (Phi) is 6.84. The SMILES string of the molecule is CCOc1ccc(NC(=O)COC(=O)c2cccc(N3C(=O)[C@@H]4[C@@H]5C[C@@H]([C@@H]4C3=O)[C@@H](c3ccccc3)C5)c2)cc1. The number of hydrogen-bond acceptors (Lipinski definition) is 6. The van der Waals surface area contributed by atoms with Crippen molar-refractivity contribution in [2.45, 2.75) is 25.7 Å². The van der Waals surface area contributed by atoms with Gasteiger partial charge >= 0.3 is 5.97 Å². The normalized spacial score (nSPS) is 24.6. The van der Waals surface area contributed by atoms with E-state index in [2.05, 4.69) is 17.4 Å². The van der Waals surface area contributed by atoms with E-state index in [1.807, 2.05) is 25.1 Å². The largest absolute Gasteiger partial charge is 0.494 e. The number of carbonyl (C=O) groups is 4. The summed E-state index contributed by atoms with van der Waals surface area (Å²) < 4.78 is 10.6. The number of fused-ring (bicyclic) bond motifs is 5. The van der Waals surface area contributed by atoms with Gasteiger partial charge in [0.2, 0.25) is 11.8 Å². The van der Waals surface area contributed by atoms with Crippen molar-refractivity contribution in [3.63, 3.8) is 0 Å². The Morgan fingerprint density at radius 3 is 2.40 bits per heavy atom. The van der Waals surface area contributed by atoms with Gasteiger partial charge in [0.25, 0.3) is 5.91 Å². The maximum atomic E-state index is 13.6. The predicted octanol–water partition coefficient (Wildman–Crippen LogP) is 4.81. The third-order valence-electron chi connectivity index (χ3n) is 8.37. The quantitative estimate of drug-likeness (QED) is 0.326. The van der Waals surface area contributed by atoms with Crippen LogP contribution in [0.15, 0.2) is 78.9 Å². The van der Waals surface area contributed by atoms with Crippen LogP contribution in [-0.2, 0) is 19.1 Å². The van der Waals surface area contributed by atoms with Gasteiger partial charge in [-0.05, 0) is 85.5 Å². The molecule has 0 unspecified atom stereocenters. The highest BCUT2D eigenvalue weighted by atomic mass is 16.5. The lowest BCUT2D eigenvalue weighted by Crippen LogP contribution is -2.33. The Hall–Kier alpha value is -4.46. The average molecular weight is 539 g/mol. The van der Waals surface area contributed by atoms with E-state index in [4.69, 9.17) is 9.47 Å². The van der Waals surface area contributed by atoms with Crippen molar-refractivity contribution >= 4 is 35.1 Å². The van der Waals surface area contributed by atoms with Crippen molar-refractivity contribution in [1.82, 2.24) is 0 Å². The van der Waals surface area contributed by atoms with Gasteiger partial charge in [0.05, 0.1) is 29.7 Å². The minimum absolute atomic E-state index is 0.140. The van der Waals surface area contributed by atoms with E-state index in [1.54, 1.807) is 36.4 Å². The van der Waals surface area contributed by atoms with Crippen LogP contribution in [0.25, 0.3) is 0 Å². The third kappa shape index (κ3) is 4.63. The second-order valence-electron chi connectivity index (χ2n) is 10.6. The monoisotopic (exact) mass is 538 g/mol. The topological polar surface area (TPSA) is 102 Å². The number of anilines is 2. The summed E-state index contributed by atoms with van der Waals surface area (Å²) in [5.41, 5.74) is 2.29. The number of nitrogens with one attached hydrogen (secondary N) is 1. The molecule has 3 fully saturated rings. The molecule has 3 aromatic carbocycles. The lowest BCUT2D eigenvalue weighted by atomic mass is 9.73. The van der Waals surface area contributed by atoms with Crippen LogP contribution in [0.4, 0.5) is 11.4 Å². The maximum Gasteiger partial charge on any atom is 0.338 e. The molecule has 1 N–H and O–H groups in total. The fourth-order valence-electron chi connectivity index (χ4n) is 6.78. The highest BCUT2D eigenvalue weighted by molar-refractivity contribution is 6.23. The molecule has 3 aliphatic rings. The summed E-state index contributed by atoms with van der Waals surface area (Å²) in [6, 6.07) is 23.4. The van der Waals surface area contributed by atoms with Crippen molar-refractivity contribution in [1.29, 1.82) is 0 Å². The molecule has 0 spiro atoms. The zero-order valence-electron chi connectivity index (χ0n) is 22.1. The first kappa shape index (κ1) is 25.8. The lowest BCUT2D eigenvalue weighted by molar-refractivity contribution is -0.123. The Bertz CT molecular complexity index is 1450. The zero-order valence-corrected chi connectivity index (χ0v) is 22.1. The van der Waals surface area contributed by atoms with E-state index in [9.17, 15) is 19.2 Å². The van der Waals surface area contributed by atoms with E-state index in [1.165, 1.54) is 22.6 Å². The van der Waals surface area contributed by atoms with E-state index in [0.29, 0.717) is 23.7 Å². The summed E-state index contributed by atoms with van der Waals surface area (Å²) in [6.45, 7) is 1.95. The number of rotatable bonds is 8. The fraction of sp³-hybridized carbons (Fsp3) is 0.312. The number of ether oxygens (including phenoxy) is 2. The molecule has 2 bridgehead atoms. The number of benzene rings is 3. The van der Waals surface area contributed by atoms with Crippen LogP contribution >= 0.6 is 0 Å². The van der Waals surface area contributed by atoms with Crippen LogP contribution in [0, 0.1) is 23.7 Å². The summed E-state index contributed by atoms with van der Waals surface area (Å²) in [5, 5.41) is 2.67. The summed E-state index contributed by atoms with van der Waals surface area (Å²) in [7, 11) is 0. The number of imide groups is 1. The molecule has 8 heteroatoms. The first-order chi connectivity index (χ1) is 19.4. The Labute approximate surface area is 232 Å². The highest BCUT2D eigenvalue weighted by Gasteiger charge is 2.64. The van der Waals surface area contributed by atoms with Gasteiger partial charge in [-0.3, -0.25) is 19.3 Å². The van der Waals surface area contributed by atoms with Gasteiger partial charge in [-0.2, -0.15) is 0 Å². The van der Waals surface area contributed by atoms with Crippen molar-refractivity contribution in [3.8, 4) is 5.75 Å². The fourth-order valence-corrected chi connectivity index (χ4v) is 6.78. The van der Waals surface area contributed by atoms with E-state index >= 15 is 0 Å². The van der Waals surface area contributed by atoms with Crippen LogP contribution < -0.4 is 15.0 Å². The molecule has 1 heterocycles. The standard InChI is InChI=1S/C32H30N2O6/c1-2-39-24-13-11-22(12-14-24)33-27(35)18-40-32(38)20-9-6-10-23(15-20)34-30(36)28-21-16-25(19-7-4-3-5-8-19)26(17-21)29(28)31(34)37/h3-15,21,25-26,28-29H,2,16-18H2,1H3,(H,33,35)/t21-,25+,26+,28+,29-/m0/s1. The van der Waals surface area contributed by atoms with Crippen LogP contribution in [0.5, 0.6) is 5.75 Å². The molecule has 2 saturated carbocycles. The van der Waals surface area contributed by atoms with Crippen LogP contribution in [0.3, 0.4) is 0 Å². The van der Waals surface area contributed by atoms with Crippen LogP contribution in [0.1, 0.15) is 41.6 Å². The van der Waals surface area contributed by atoms with Crippen molar-refractivity contribution in [3.05, 3.63) is 90.0 Å². The molecule has 40 heavy (non-hydrogen) atoms. The molecular formula is C32H30N2O6. The Balaban J connectivity index is 1.11. The van der Waals surface area contributed by atoms with E-state index in [-0.39, 0.29) is 47.0 Å². The molecule has 0 radical (unpaired) electrons. The minimum Gasteiger partial charge on any atom is -0.494 e. The number of nitrogens with zero attached hydrogens (tertiary/aromatic N) is 1. The van der Waals surface area contributed by atoms with Crippen molar-refractivity contribution in [2.75, 3.05) is 23.4 Å². The zero-order chi connectivity index (χ0) is 27.8. The Morgan fingerprint density at radius 2 is 1.65 bits per heavy atom. The number of carbonyl (C=O) groups excluding carboxylic acids is 4. The molecule has 1 aliphatic heterocycles. The first-order valence-corrected chi connectivity index (χ1v) is 13.7. The molecule has 3 aromatic rings. The summed E-state index contributed by atoms with van der Waals surface area (Å²) >= 11 is 0. The summed E-state index contributed by atoms with van der Waals surface area (Å²) in [5.74, 6) is -0.935. The van der Waals surface area contributed by atoms with Gasteiger partial charge in [-0.25, -0.2) is 4.79 Å². The molecule has 3 amide bonds. The molecular weight excluding hydrogens is 508 g/mol. The van der Waals surface area contributed by atoms with Crippen molar-refractivity contribution in [2.24, 2.45) is 23.7 Å². The highest BCUT2D eigenvalue weighted by Crippen LogP contribution is 2.61. The van der Waals surface area contributed by atoms with Gasteiger partial charge in [0.1, 0.15) is 5.75 Å². The molecule has 1 saturated heterocycles. The second kappa shape index (κ2) is 10.6. The number of hydrogen-bond donors (Lipinski definition) is 1. The molecule has 8 nitrogen and oxygen atoms in total. The van der Waals surface area contributed by atoms with Gasteiger partial charge in [0, 0.05) is 5.69 Å². The molecule has 2 aliphatic carbocycles. The van der Waals surface area contributed by atoms with E-state index in [0.717, 1.165) is 12.8 Å². The number of esters is 1. The third-order valence-corrected chi connectivity index (χ3v) is 8.37. The molecule has 6 rings (SSSR count). The molecule has 0 aromatic heterocycles. The molecule has 204 valence electrons. The smallest absolute Gasteiger partial charge is 0.338 e. The lowest BCUT2D eigenvalue weighted by Gasteiger charge is -2.28. The van der Waals surface area contributed by atoms with Crippen LogP contribution in [0.2, 0.25) is 0 Å². The predicted molar refractivity (Wildman–Crippen MR) is 148 cm³/mol. The van der Waals surface area contributed by atoms with Crippen molar-refractivity contribution < 1.29 is 28.7 Å². The first-order valence-electron chi connectivity index (χ1n) is 13.7.